The van der Waals surface area contributed by atoms with Gasteiger partial charge in [-0.05, 0) is 16.3 Å². The lowest BCUT2D eigenvalue weighted by atomic mass is 10.0. The van der Waals surface area contributed by atoms with Crippen LogP contribution in [0, 0.1) is 0 Å². The summed E-state index contributed by atoms with van der Waals surface area (Å²) in [5, 5.41) is 20.0. The SMILES string of the molecule is O=C(O)[C@@H](O)Cc1ccc2ccccc2c1. The molecule has 0 heterocycles. The Balaban J connectivity index is 2.29. The number of hydrogen-bond acceptors (Lipinski definition) is 2. The summed E-state index contributed by atoms with van der Waals surface area (Å²) in [5.74, 6) is -1.19. The summed E-state index contributed by atoms with van der Waals surface area (Å²) in [5.41, 5.74) is 0.827. The Morgan fingerprint density at radius 3 is 2.50 bits per heavy atom. The largest absolute Gasteiger partial charge is 0.479 e. The summed E-state index contributed by atoms with van der Waals surface area (Å²) in [7, 11) is 0. The Labute approximate surface area is 93.0 Å². The van der Waals surface area contributed by atoms with Gasteiger partial charge in [0.05, 0.1) is 0 Å². The molecule has 0 saturated heterocycles. The number of aliphatic hydroxyl groups is 1. The van der Waals surface area contributed by atoms with Crippen molar-refractivity contribution in [2.45, 2.75) is 12.5 Å². The number of carbonyl (C=O) groups is 1. The van der Waals surface area contributed by atoms with Crippen molar-refractivity contribution in [1.29, 1.82) is 0 Å². The van der Waals surface area contributed by atoms with Gasteiger partial charge in [-0.25, -0.2) is 4.79 Å². The van der Waals surface area contributed by atoms with Gasteiger partial charge in [-0.15, -0.1) is 0 Å². The van der Waals surface area contributed by atoms with Crippen molar-refractivity contribution in [3.8, 4) is 0 Å². The summed E-state index contributed by atoms with van der Waals surface area (Å²) in [6, 6.07) is 13.5. The molecule has 2 rings (SSSR count). The van der Waals surface area contributed by atoms with E-state index in [1.807, 2.05) is 42.5 Å². The second kappa shape index (κ2) is 4.33. The highest BCUT2D eigenvalue weighted by atomic mass is 16.4. The number of carboxylic acids is 1. The van der Waals surface area contributed by atoms with E-state index in [-0.39, 0.29) is 6.42 Å². The van der Waals surface area contributed by atoms with Crippen LogP contribution in [0.5, 0.6) is 0 Å². The molecule has 0 aliphatic rings. The number of benzene rings is 2. The van der Waals surface area contributed by atoms with E-state index in [1.165, 1.54) is 0 Å². The van der Waals surface area contributed by atoms with Crippen LogP contribution in [0.25, 0.3) is 10.8 Å². The van der Waals surface area contributed by atoms with E-state index in [4.69, 9.17) is 5.11 Å². The van der Waals surface area contributed by atoms with Crippen molar-refractivity contribution in [1.82, 2.24) is 0 Å². The molecule has 0 saturated carbocycles. The minimum atomic E-state index is -1.33. The molecule has 0 aliphatic heterocycles. The van der Waals surface area contributed by atoms with Crippen molar-refractivity contribution in [3.63, 3.8) is 0 Å². The van der Waals surface area contributed by atoms with Crippen LogP contribution in [0.4, 0.5) is 0 Å². The predicted octanol–water partition coefficient (Wildman–Crippen LogP) is 1.83. The molecule has 0 bridgehead atoms. The zero-order chi connectivity index (χ0) is 11.5. The van der Waals surface area contributed by atoms with Crippen LogP contribution in [0.15, 0.2) is 42.5 Å². The lowest BCUT2D eigenvalue weighted by molar-refractivity contribution is -0.146. The Morgan fingerprint density at radius 2 is 1.81 bits per heavy atom. The Kier molecular flexibility index (Phi) is 2.88. The summed E-state index contributed by atoms with van der Waals surface area (Å²) in [6.45, 7) is 0. The molecule has 3 heteroatoms. The molecule has 0 fully saturated rings. The van der Waals surface area contributed by atoms with E-state index in [2.05, 4.69) is 0 Å². The van der Waals surface area contributed by atoms with Gasteiger partial charge in [0.2, 0.25) is 0 Å². The first-order valence-electron chi connectivity index (χ1n) is 5.05. The minimum absolute atomic E-state index is 0.139. The molecule has 16 heavy (non-hydrogen) atoms. The molecule has 2 aromatic rings. The summed E-state index contributed by atoms with van der Waals surface area (Å²) in [6.07, 6.45) is -1.19. The number of aliphatic carboxylic acids is 1. The molecule has 0 aliphatic carbocycles. The van der Waals surface area contributed by atoms with Crippen molar-refractivity contribution < 1.29 is 15.0 Å². The van der Waals surface area contributed by atoms with Crippen LogP contribution >= 0.6 is 0 Å². The van der Waals surface area contributed by atoms with Gasteiger partial charge in [0.15, 0.2) is 6.10 Å². The van der Waals surface area contributed by atoms with E-state index >= 15 is 0 Å². The summed E-state index contributed by atoms with van der Waals surface area (Å²) in [4.78, 5) is 10.5. The molecule has 1 atom stereocenters. The van der Waals surface area contributed by atoms with Crippen molar-refractivity contribution in [2.24, 2.45) is 0 Å². The van der Waals surface area contributed by atoms with Crippen molar-refractivity contribution in [3.05, 3.63) is 48.0 Å². The maximum atomic E-state index is 10.5. The number of hydrogen-bond donors (Lipinski definition) is 2. The van der Waals surface area contributed by atoms with E-state index < -0.39 is 12.1 Å². The quantitative estimate of drug-likeness (QED) is 0.822. The fourth-order valence-corrected chi connectivity index (χ4v) is 1.68. The average Bonchev–Trinajstić information content (AvgIpc) is 2.28. The molecule has 0 amide bonds. The van der Waals surface area contributed by atoms with Gasteiger partial charge in [0, 0.05) is 6.42 Å². The molecule has 0 aromatic heterocycles. The van der Waals surface area contributed by atoms with E-state index in [0.717, 1.165) is 16.3 Å². The van der Waals surface area contributed by atoms with E-state index in [9.17, 15) is 9.90 Å². The van der Waals surface area contributed by atoms with Gasteiger partial charge in [-0.2, -0.15) is 0 Å². The summed E-state index contributed by atoms with van der Waals surface area (Å²) >= 11 is 0. The minimum Gasteiger partial charge on any atom is -0.479 e. The van der Waals surface area contributed by atoms with Crippen molar-refractivity contribution >= 4 is 16.7 Å². The molecule has 2 N–H and O–H groups in total. The standard InChI is InChI=1S/C13H12O3/c14-12(13(15)16)8-9-5-6-10-3-1-2-4-11(10)7-9/h1-7,12,14H,8H2,(H,15,16)/t12-/m0/s1. The van der Waals surface area contributed by atoms with Gasteiger partial charge >= 0.3 is 5.97 Å². The third kappa shape index (κ3) is 2.20. The molecular formula is C13H12O3. The predicted molar refractivity (Wildman–Crippen MR) is 61.3 cm³/mol. The first-order chi connectivity index (χ1) is 7.66. The monoisotopic (exact) mass is 216 g/mol. The van der Waals surface area contributed by atoms with Crippen LogP contribution in [0.1, 0.15) is 5.56 Å². The smallest absolute Gasteiger partial charge is 0.332 e. The first-order valence-corrected chi connectivity index (χ1v) is 5.05. The molecule has 3 nitrogen and oxygen atoms in total. The highest BCUT2D eigenvalue weighted by molar-refractivity contribution is 5.83. The normalized spacial score (nSPS) is 12.6. The topological polar surface area (TPSA) is 57.5 Å². The number of carboxylic acid groups (broad SMARTS) is 1. The number of rotatable bonds is 3. The van der Waals surface area contributed by atoms with Gasteiger partial charge < -0.3 is 10.2 Å². The van der Waals surface area contributed by atoms with Crippen LogP contribution in [-0.2, 0) is 11.2 Å². The van der Waals surface area contributed by atoms with Gasteiger partial charge in [-0.1, -0.05) is 42.5 Å². The lowest BCUT2D eigenvalue weighted by Gasteiger charge is -2.06. The fraction of sp³-hybridized carbons (Fsp3) is 0.154. The highest BCUT2D eigenvalue weighted by Gasteiger charge is 2.13. The van der Waals surface area contributed by atoms with Gasteiger partial charge in [-0.3, -0.25) is 0 Å². The van der Waals surface area contributed by atoms with Crippen LogP contribution in [0.2, 0.25) is 0 Å². The third-order valence-electron chi connectivity index (χ3n) is 2.53. The zero-order valence-corrected chi connectivity index (χ0v) is 8.63. The summed E-state index contributed by atoms with van der Waals surface area (Å²) < 4.78 is 0. The molecular weight excluding hydrogens is 204 g/mol. The average molecular weight is 216 g/mol. The van der Waals surface area contributed by atoms with Crippen LogP contribution in [0.3, 0.4) is 0 Å². The second-order valence-corrected chi connectivity index (χ2v) is 3.74. The van der Waals surface area contributed by atoms with Crippen LogP contribution in [-0.4, -0.2) is 22.3 Å². The van der Waals surface area contributed by atoms with E-state index in [0.29, 0.717) is 0 Å². The molecule has 2 aromatic carbocycles. The lowest BCUT2D eigenvalue weighted by Crippen LogP contribution is -2.21. The Bertz CT molecular complexity index is 519. The zero-order valence-electron chi connectivity index (χ0n) is 8.63. The molecule has 82 valence electrons. The highest BCUT2D eigenvalue weighted by Crippen LogP contribution is 2.16. The van der Waals surface area contributed by atoms with Gasteiger partial charge in [0.25, 0.3) is 0 Å². The van der Waals surface area contributed by atoms with Crippen LogP contribution < -0.4 is 0 Å². The molecule has 0 unspecified atom stereocenters. The maximum Gasteiger partial charge on any atom is 0.332 e. The molecule has 0 radical (unpaired) electrons. The molecule has 0 spiro atoms. The second-order valence-electron chi connectivity index (χ2n) is 3.74. The third-order valence-corrected chi connectivity index (χ3v) is 2.53. The number of aliphatic hydroxyl groups excluding tert-OH is 1. The van der Waals surface area contributed by atoms with E-state index in [1.54, 1.807) is 0 Å². The number of fused-ring (bicyclic) bond motifs is 1. The van der Waals surface area contributed by atoms with Gasteiger partial charge in [0.1, 0.15) is 0 Å². The Hall–Kier alpha value is -1.87. The Morgan fingerprint density at radius 1 is 1.12 bits per heavy atom. The van der Waals surface area contributed by atoms with Crippen molar-refractivity contribution in [2.75, 3.05) is 0 Å². The maximum absolute atomic E-state index is 10.5. The fourth-order valence-electron chi connectivity index (χ4n) is 1.68. The first kappa shape index (κ1) is 10.6.